The third-order valence-electron chi connectivity index (χ3n) is 3.97. The third kappa shape index (κ3) is 2.90. The largest absolute Gasteiger partial charge is 0.314 e. The van der Waals surface area contributed by atoms with Gasteiger partial charge in [-0.2, -0.15) is 0 Å². The molecule has 6 heteroatoms. The molecule has 0 spiro atoms. The second-order valence-corrected chi connectivity index (χ2v) is 6.20. The van der Waals surface area contributed by atoms with Crippen LogP contribution in [0.1, 0.15) is 29.4 Å². The number of halogens is 1. The van der Waals surface area contributed by atoms with Crippen LogP contribution in [0.5, 0.6) is 0 Å². The van der Waals surface area contributed by atoms with E-state index in [-0.39, 0.29) is 5.91 Å². The third-order valence-corrected chi connectivity index (χ3v) is 4.20. The van der Waals surface area contributed by atoms with Crippen LogP contribution in [0.15, 0.2) is 55.0 Å². The number of aromatic nitrogens is 3. The van der Waals surface area contributed by atoms with E-state index in [0.29, 0.717) is 22.6 Å². The van der Waals surface area contributed by atoms with E-state index < -0.39 is 0 Å². The van der Waals surface area contributed by atoms with Crippen LogP contribution in [-0.2, 0) is 0 Å². The molecule has 1 aliphatic rings. The van der Waals surface area contributed by atoms with Crippen molar-refractivity contribution < 1.29 is 4.79 Å². The normalized spacial score (nSPS) is 13.7. The molecule has 3 aromatic rings. The number of imidazole rings is 1. The number of hydrogen-bond donors (Lipinski definition) is 1. The average Bonchev–Trinajstić information content (AvgIpc) is 3.37. The number of carbonyl (C=O) groups excluding carboxylic acids is 1. The van der Waals surface area contributed by atoms with E-state index in [1.807, 2.05) is 34.9 Å². The van der Waals surface area contributed by atoms with E-state index in [4.69, 9.17) is 11.6 Å². The molecule has 2 aromatic heterocycles. The highest BCUT2D eigenvalue weighted by Gasteiger charge is 2.28. The van der Waals surface area contributed by atoms with Crippen molar-refractivity contribution in [1.82, 2.24) is 14.5 Å². The standard InChI is InChI=1S/C18H15ClN4O/c19-13-6-9-15(20-10-13)18(24)22-17-16(12-4-2-1-3-5-12)21-11-23(17)14-7-8-14/h1-6,9-11,14H,7-8H2,(H,22,24). The minimum atomic E-state index is -0.272. The topological polar surface area (TPSA) is 59.8 Å². The van der Waals surface area contributed by atoms with Crippen molar-refractivity contribution in [3.8, 4) is 11.3 Å². The molecule has 24 heavy (non-hydrogen) atoms. The Bertz CT molecular complexity index is 870. The summed E-state index contributed by atoms with van der Waals surface area (Å²) in [7, 11) is 0. The van der Waals surface area contributed by atoms with Gasteiger partial charge in [0.2, 0.25) is 0 Å². The van der Waals surface area contributed by atoms with E-state index in [1.54, 1.807) is 18.5 Å². The van der Waals surface area contributed by atoms with E-state index in [2.05, 4.69) is 15.3 Å². The number of pyridine rings is 1. The minimum absolute atomic E-state index is 0.272. The zero-order chi connectivity index (χ0) is 16.5. The molecule has 0 aliphatic heterocycles. The molecule has 1 amide bonds. The zero-order valence-corrected chi connectivity index (χ0v) is 13.6. The highest BCUT2D eigenvalue weighted by molar-refractivity contribution is 6.30. The molecular weight excluding hydrogens is 324 g/mol. The molecule has 0 unspecified atom stereocenters. The highest BCUT2D eigenvalue weighted by Crippen LogP contribution is 2.40. The van der Waals surface area contributed by atoms with Gasteiger partial charge in [0, 0.05) is 17.8 Å². The fraction of sp³-hybridized carbons (Fsp3) is 0.167. The van der Waals surface area contributed by atoms with Crippen molar-refractivity contribution in [1.29, 1.82) is 0 Å². The molecule has 5 nitrogen and oxygen atoms in total. The number of amides is 1. The summed E-state index contributed by atoms with van der Waals surface area (Å²) in [5, 5.41) is 3.47. The molecule has 4 rings (SSSR count). The average molecular weight is 339 g/mol. The number of nitrogens with zero attached hydrogens (tertiary/aromatic N) is 3. The van der Waals surface area contributed by atoms with Gasteiger partial charge in [0.05, 0.1) is 11.3 Å². The Labute approximate surface area is 144 Å². The van der Waals surface area contributed by atoms with Crippen molar-refractivity contribution in [2.24, 2.45) is 0 Å². The van der Waals surface area contributed by atoms with Gasteiger partial charge in [0.1, 0.15) is 17.2 Å². The predicted octanol–water partition coefficient (Wildman–Crippen LogP) is 4.19. The Morgan fingerprint density at radius 3 is 2.58 bits per heavy atom. The van der Waals surface area contributed by atoms with Gasteiger partial charge < -0.3 is 9.88 Å². The summed E-state index contributed by atoms with van der Waals surface area (Å²) in [6.07, 6.45) is 5.47. The first-order chi connectivity index (χ1) is 11.7. The molecule has 0 bridgehead atoms. The number of anilines is 1. The molecule has 0 radical (unpaired) electrons. The summed E-state index contributed by atoms with van der Waals surface area (Å²) < 4.78 is 2.04. The maximum atomic E-state index is 12.5. The molecule has 2 heterocycles. The lowest BCUT2D eigenvalue weighted by Crippen LogP contribution is -2.16. The van der Waals surface area contributed by atoms with E-state index in [1.165, 1.54) is 6.20 Å². The quantitative estimate of drug-likeness (QED) is 0.776. The lowest BCUT2D eigenvalue weighted by atomic mass is 10.1. The van der Waals surface area contributed by atoms with Crippen LogP contribution in [0.25, 0.3) is 11.3 Å². The Balaban J connectivity index is 1.69. The van der Waals surface area contributed by atoms with Gasteiger partial charge in [0.25, 0.3) is 5.91 Å². The minimum Gasteiger partial charge on any atom is -0.314 e. The molecule has 1 fully saturated rings. The van der Waals surface area contributed by atoms with Gasteiger partial charge in [-0.05, 0) is 25.0 Å². The van der Waals surface area contributed by atoms with Crippen LogP contribution in [0.2, 0.25) is 5.02 Å². The number of benzene rings is 1. The highest BCUT2D eigenvalue weighted by atomic mass is 35.5. The van der Waals surface area contributed by atoms with Crippen molar-refractivity contribution >= 4 is 23.3 Å². The first kappa shape index (κ1) is 14.9. The molecule has 1 aromatic carbocycles. The molecule has 1 N–H and O–H groups in total. The SMILES string of the molecule is O=C(Nc1c(-c2ccccc2)ncn1C1CC1)c1ccc(Cl)cn1. The van der Waals surface area contributed by atoms with Crippen molar-refractivity contribution in [3.63, 3.8) is 0 Å². The smallest absolute Gasteiger partial charge is 0.275 e. The van der Waals surface area contributed by atoms with Crippen LogP contribution in [0.4, 0.5) is 5.82 Å². The predicted molar refractivity (Wildman–Crippen MR) is 93.1 cm³/mol. The maximum absolute atomic E-state index is 12.5. The number of carbonyl (C=O) groups is 1. The number of rotatable bonds is 4. The Kier molecular flexibility index (Phi) is 3.78. The van der Waals surface area contributed by atoms with Crippen LogP contribution >= 0.6 is 11.6 Å². The molecular formula is C18H15ClN4O. The molecule has 1 saturated carbocycles. The van der Waals surface area contributed by atoms with E-state index in [9.17, 15) is 4.79 Å². The summed E-state index contributed by atoms with van der Waals surface area (Å²) in [5.41, 5.74) is 2.06. The fourth-order valence-corrected chi connectivity index (χ4v) is 2.72. The molecule has 0 atom stereocenters. The maximum Gasteiger partial charge on any atom is 0.275 e. The Hall–Kier alpha value is -2.66. The van der Waals surface area contributed by atoms with Crippen LogP contribution < -0.4 is 5.32 Å². The van der Waals surface area contributed by atoms with E-state index in [0.717, 1.165) is 24.1 Å². The van der Waals surface area contributed by atoms with Crippen LogP contribution in [0.3, 0.4) is 0 Å². The number of nitrogens with one attached hydrogen (secondary N) is 1. The summed E-state index contributed by atoms with van der Waals surface area (Å²) in [5.74, 6) is 0.441. The second-order valence-electron chi connectivity index (χ2n) is 5.76. The van der Waals surface area contributed by atoms with Gasteiger partial charge in [-0.25, -0.2) is 9.97 Å². The van der Waals surface area contributed by atoms with Gasteiger partial charge >= 0.3 is 0 Å². The van der Waals surface area contributed by atoms with Crippen LogP contribution in [-0.4, -0.2) is 20.4 Å². The molecule has 0 saturated heterocycles. The van der Waals surface area contributed by atoms with Gasteiger partial charge in [-0.1, -0.05) is 41.9 Å². The molecule has 120 valence electrons. The zero-order valence-electron chi connectivity index (χ0n) is 12.8. The van der Waals surface area contributed by atoms with Crippen molar-refractivity contribution in [3.05, 3.63) is 65.7 Å². The summed E-state index contributed by atoms with van der Waals surface area (Å²) >= 11 is 5.83. The monoisotopic (exact) mass is 338 g/mol. The van der Waals surface area contributed by atoms with Gasteiger partial charge in [-0.15, -0.1) is 0 Å². The molecule has 1 aliphatic carbocycles. The Morgan fingerprint density at radius 1 is 1.12 bits per heavy atom. The van der Waals surface area contributed by atoms with Gasteiger partial charge in [-0.3, -0.25) is 4.79 Å². The summed E-state index contributed by atoms with van der Waals surface area (Å²) in [6.45, 7) is 0. The Morgan fingerprint density at radius 2 is 1.92 bits per heavy atom. The fourth-order valence-electron chi connectivity index (χ4n) is 2.60. The number of hydrogen-bond acceptors (Lipinski definition) is 3. The van der Waals surface area contributed by atoms with Crippen LogP contribution in [0, 0.1) is 0 Å². The van der Waals surface area contributed by atoms with E-state index >= 15 is 0 Å². The summed E-state index contributed by atoms with van der Waals surface area (Å²) in [6, 6.07) is 13.5. The van der Waals surface area contributed by atoms with Crippen molar-refractivity contribution in [2.45, 2.75) is 18.9 Å². The lowest BCUT2D eigenvalue weighted by Gasteiger charge is -2.11. The first-order valence-corrected chi connectivity index (χ1v) is 8.15. The first-order valence-electron chi connectivity index (χ1n) is 7.77. The van der Waals surface area contributed by atoms with Crippen molar-refractivity contribution in [2.75, 3.05) is 5.32 Å². The summed E-state index contributed by atoms with van der Waals surface area (Å²) in [4.78, 5) is 21.1. The van der Waals surface area contributed by atoms with Gasteiger partial charge in [0.15, 0.2) is 0 Å². The lowest BCUT2D eigenvalue weighted by molar-refractivity contribution is 0.102. The second kappa shape index (κ2) is 6.09.